The summed E-state index contributed by atoms with van der Waals surface area (Å²) in [7, 11) is 0. The molecule has 0 aliphatic heterocycles. The maximum absolute atomic E-state index is 2.99. The van der Waals surface area contributed by atoms with E-state index in [4.69, 9.17) is 0 Å². The van der Waals surface area contributed by atoms with Crippen molar-refractivity contribution in [3.63, 3.8) is 0 Å². The predicted molar refractivity (Wildman–Crippen MR) is 60.1 cm³/mol. The number of halogens is 2. The second-order valence-corrected chi connectivity index (χ2v) is 1.00. The SMILES string of the molecule is [C-]1=CC=CC1.[CH3-].[CH3-].[CH3-].[CH3-].[CH3-].[CH3-].[Cl-].[Cl-].[Ti+2]. The molecule has 0 aromatic rings. The van der Waals surface area contributed by atoms with E-state index in [1.807, 2.05) is 12.2 Å². The monoisotopic (exact) mass is 273 g/mol. The molecule has 0 nitrogen and oxygen atoms in total. The molecule has 0 aromatic heterocycles. The molecule has 0 radical (unpaired) electrons. The third kappa shape index (κ3) is 53.1. The van der Waals surface area contributed by atoms with Crippen LogP contribution in [0.5, 0.6) is 0 Å². The number of hydrogen-bond acceptors (Lipinski definition) is 0. The Hall–Kier alpha value is 0.774. The maximum atomic E-state index is 2.99. The Kier molecular flexibility index (Phi) is 405. The van der Waals surface area contributed by atoms with Gasteiger partial charge in [-0.2, -0.15) is 6.08 Å². The molecule has 0 amide bonds. The van der Waals surface area contributed by atoms with Crippen LogP contribution in [0.25, 0.3) is 0 Å². The molecule has 3 heteroatoms. The Morgan fingerprint density at radius 1 is 0.786 bits per heavy atom. The molecule has 0 fully saturated rings. The molecule has 0 atom stereocenters. The number of hydrogen-bond donors (Lipinski definition) is 0. The van der Waals surface area contributed by atoms with E-state index in [-0.39, 0.29) is 91.1 Å². The summed E-state index contributed by atoms with van der Waals surface area (Å²) >= 11 is 0. The van der Waals surface area contributed by atoms with Crippen LogP contribution in [0.2, 0.25) is 0 Å². The van der Waals surface area contributed by atoms with Gasteiger partial charge in [0.25, 0.3) is 0 Å². The summed E-state index contributed by atoms with van der Waals surface area (Å²) in [5.74, 6) is 0. The van der Waals surface area contributed by atoms with E-state index < -0.39 is 0 Å². The topological polar surface area (TPSA) is 0 Å². The van der Waals surface area contributed by atoms with E-state index in [0.717, 1.165) is 6.42 Å². The summed E-state index contributed by atoms with van der Waals surface area (Å²) in [6.45, 7) is 0. The van der Waals surface area contributed by atoms with Gasteiger partial charge in [0.05, 0.1) is 0 Å². The van der Waals surface area contributed by atoms with E-state index in [2.05, 4.69) is 12.2 Å². The fourth-order valence-corrected chi connectivity index (χ4v) is 0.340. The minimum absolute atomic E-state index is 0. The fraction of sp³-hybridized carbons (Fsp3) is 0.0909. The maximum Gasteiger partial charge on any atom is 2.00 e. The summed E-state index contributed by atoms with van der Waals surface area (Å²) in [5.41, 5.74) is 0. The molecule has 0 saturated heterocycles. The predicted octanol–water partition coefficient (Wildman–Crippen LogP) is -1.99. The van der Waals surface area contributed by atoms with Gasteiger partial charge in [-0.15, -0.1) is 6.42 Å². The molecule has 0 aromatic carbocycles. The van der Waals surface area contributed by atoms with Crippen LogP contribution in [0.3, 0.4) is 0 Å². The van der Waals surface area contributed by atoms with Crippen LogP contribution >= 0.6 is 0 Å². The second-order valence-electron chi connectivity index (χ2n) is 1.00. The van der Waals surface area contributed by atoms with Crippen LogP contribution in [0, 0.1) is 50.6 Å². The Morgan fingerprint density at radius 3 is 1.21 bits per heavy atom. The zero-order chi connectivity index (χ0) is 3.54. The second kappa shape index (κ2) is 67.4. The third-order valence-corrected chi connectivity index (χ3v) is 0.586. The minimum atomic E-state index is 0. The first-order valence-corrected chi connectivity index (χ1v) is 1.72. The van der Waals surface area contributed by atoms with Crippen LogP contribution in [0.1, 0.15) is 6.42 Å². The van der Waals surface area contributed by atoms with E-state index in [9.17, 15) is 0 Å². The van der Waals surface area contributed by atoms with Crippen molar-refractivity contribution in [3.8, 4) is 0 Å². The average molecular weight is 274 g/mol. The van der Waals surface area contributed by atoms with Crippen molar-refractivity contribution < 1.29 is 46.5 Å². The summed E-state index contributed by atoms with van der Waals surface area (Å²) in [4.78, 5) is 0. The smallest absolute Gasteiger partial charge is 1.00 e. The van der Waals surface area contributed by atoms with Crippen molar-refractivity contribution in [3.05, 3.63) is 68.9 Å². The van der Waals surface area contributed by atoms with E-state index in [1.165, 1.54) is 0 Å². The Labute approximate surface area is 121 Å². The first-order valence-electron chi connectivity index (χ1n) is 1.72. The van der Waals surface area contributed by atoms with E-state index in [0.29, 0.717) is 0 Å². The Morgan fingerprint density at radius 2 is 1.14 bits per heavy atom. The summed E-state index contributed by atoms with van der Waals surface area (Å²) in [5, 5.41) is 0. The van der Waals surface area contributed by atoms with Gasteiger partial charge in [-0.05, 0) is 0 Å². The van der Waals surface area contributed by atoms with Crippen LogP contribution in [0.15, 0.2) is 18.2 Å². The van der Waals surface area contributed by atoms with Gasteiger partial charge in [0, 0.05) is 0 Å². The summed E-state index contributed by atoms with van der Waals surface area (Å²) in [6.07, 6.45) is 10.0. The van der Waals surface area contributed by atoms with Crippen LogP contribution in [0.4, 0.5) is 0 Å². The molecule has 1 aliphatic rings. The largest absolute Gasteiger partial charge is 2.00 e. The van der Waals surface area contributed by atoms with Crippen LogP contribution < -0.4 is 24.8 Å². The summed E-state index contributed by atoms with van der Waals surface area (Å²) < 4.78 is 0. The van der Waals surface area contributed by atoms with E-state index >= 15 is 0 Å². The fourth-order valence-electron chi connectivity index (χ4n) is 0.340. The minimum Gasteiger partial charge on any atom is -1.00 e. The van der Waals surface area contributed by atoms with Gasteiger partial charge >= 0.3 is 21.7 Å². The first kappa shape index (κ1) is 84.1. The molecule has 0 unspecified atom stereocenters. The van der Waals surface area contributed by atoms with Crippen molar-refractivity contribution in [2.75, 3.05) is 0 Å². The molecule has 0 heterocycles. The van der Waals surface area contributed by atoms with Crippen molar-refractivity contribution in [2.24, 2.45) is 0 Å². The zero-order valence-electron chi connectivity index (χ0n) is 10.2. The molecule has 1 aliphatic carbocycles. The molecule has 0 bridgehead atoms. The van der Waals surface area contributed by atoms with Gasteiger partial charge in [0.1, 0.15) is 0 Å². The van der Waals surface area contributed by atoms with Crippen LogP contribution in [-0.4, -0.2) is 0 Å². The molecule has 0 spiro atoms. The first-order chi connectivity index (χ1) is 2.50. The van der Waals surface area contributed by atoms with Crippen LogP contribution in [-0.2, 0) is 21.7 Å². The van der Waals surface area contributed by atoms with Gasteiger partial charge in [-0.25, -0.2) is 12.2 Å². The third-order valence-electron chi connectivity index (χ3n) is 0.586. The molecule has 1 rings (SSSR count). The van der Waals surface area contributed by atoms with Gasteiger partial charge in [-0.3, -0.25) is 6.08 Å². The van der Waals surface area contributed by atoms with Crippen molar-refractivity contribution in [1.82, 2.24) is 0 Å². The Balaban J connectivity index is -0.00000000397. The molecular weight excluding hydrogens is 251 g/mol. The Bertz CT molecular complexity index is 71.4. The van der Waals surface area contributed by atoms with Crippen molar-refractivity contribution >= 4 is 0 Å². The number of rotatable bonds is 0. The molecule has 0 N–H and O–H groups in total. The van der Waals surface area contributed by atoms with Gasteiger partial charge < -0.3 is 69.4 Å². The summed E-state index contributed by atoms with van der Waals surface area (Å²) in [6, 6.07) is 0. The van der Waals surface area contributed by atoms with Gasteiger partial charge in [0.2, 0.25) is 0 Å². The molecule has 92 valence electrons. The van der Waals surface area contributed by atoms with Gasteiger partial charge in [-0.1, -0.05) is 0 Å². The van der Waals surface area contributed by atoms with E-state index in [1.54, 1.807) is 0 Å². The average Bonchev–Trinajstić information content (AvgIpc) is 1.76. The standard InChI is InChI=1S/C5H5.6CH3.2ClH.Ti/c1-2-4-5-3-1;;;;;;;;;/h1-3H,4H2;6*1H3;2*1H;/q7*-1;;;+2/p-2. The van der Waals surface area contributed by atoms with Crippen molar-refractivity contribution in [2.45, 2.75) is 6.42 Å². The van der Waals surface area contributed by atoms with Crippen molar-refractivity contribution in [1.29, 1.82) is 0 Å². The molecule has 14 heavy (non-hydrogen) atoms. The molecular formula is C11H23Cl2Ti-7. The quantitative estimate of drug-likeness (QED) is 0.354. The molecule has 0 saturated carbocycles. The van der Waals surface area contributed by atoms with Gasteiger partial charge in [0.15, 0.2) is 0 Å². The normalized spacial score (nSPS) is 6.29. The number of allylic oxidation sites excluding steroid dienone is 4. The zero-order valence-corrected chi connectivity index (χ0v) is 13.3.